The van der Waals surface area contributed by atoms with Gasteiger partial charge in [0.2, 0.25) is 0 Å². The quantitative estimate of drug-likeness (QED) is 0.500. The van der Waals surface area contributed by atoms with Gasteiger partial charge in [0.15, 0.2) is 0 Å². The van der Waals surface area contributed by atoms with E-state index in [1.54, 1.807) is 12.1 Å². The molecule has 0 unspecified atom stereocenters. The highest BCUT2D eigenvalue weighted by Gasteiger charge is 2.16. The molecule has 20 heavy (non-hydrogen) atoms. The van der Waals surface area contributed by atoms with Gasteiger partial charge in [-0.2, -0.15) is 0 Å². The molecular formula is C17H28O2Si. The lowest BCUT2D eigenvalue weighted by molar-refractivity contribution is 0.0697. The van der Waals surface area contributed by atoms with Crippen molar-refractivity contribution in [3.05, 3.63) is 35.4 Å². The summed E-state index contributed by atoms with van der Waals surface area (Å²) in [5.41, 5.74) is 1.62. The van der Waals surface area contributed by atoms with Crippen molar-refractivity contribution in [2.75, 3.05) is 0 Å². The second-order valence-electron chi connectivity index (χ2n) is 6.43. The summed E-state index contributed by atoms with van der Waals surface area (Å²) in [5, 5.41) is 8.84. The first-order chi connectivity index (χ1) is 9.44. The number of carboxylic acids is 1. The lowest BCUT2D eigenvalue weighted by Gasteiger charge is -2.19. The highest BCUT2D eigenvalue weighted by Crippen LogP contribution is 2.19. The van der Waals surface area contributed by atoms with Crippen LogP contribution in [0, 0.1) is 0 Å². The van der Waals surface area contributed by atoms with Crippen molar-refractivity contribution in [3.63, 3.8) is 0 Å². The minimum Gasteiger partial charge on any atom is -0.478 e. The summed E-state index contributed by atoms with van der Waals surface area (Å²) in [5.74, 6) is -0.848. The van der Waals surface area contributed by atoms with Crippen LogP contribution in [0.1, 0.15) is 48.5 Å². The number of aromatic carboxylic acids is 1. The van der Waals surface area contributed by atoms with Gasteiger partial charge < -0.3 is 5.11 Å². The van der Waals surface area contributed by atoms with Crippen molar-refractivity contribution in [1.29, 1.82) is 0 Å². The third kappa shape index (κ3) is 6.37. The molecule has 0 saturated heterocycles. The van der Waals surface area contributed by atoms with Crippen molar-refractivity contribution in [2.24, 2.45) is 0 Å². The van der Waals surface area contributed by atoms with E-state index >= 15 is 0 Å². The minimum absolute atomic E-state index is 0.375. The molecule has 0 fully saturated rings. The predicted molar refractivity (Wildman–Crippen MR) is 88.3 cm³/mol. The topological polar surface area (TPSA) is 37.3 Å². The molecule has 1 N–H and O–H groups in total. The average molecular weight is 292 g/mol. The zero-order chi connectivity index (χ0) is 15.0. The highest BCUT2D eigenvalue weighted by atomic mass is 28.3. The van der Waals surface area contributed by atoms with E-state index in [0.717, 1.165) is 6.42 Å². The van der Waals surface area contributed by atoms with E-state index in [0.29, 0.717) is 5.56 Å². The van der Waals surface area contributed by atoms with Crippen LogP contribution in [0.5, 0.6) is 0 Å². The van der Waals surface area contributed by atoms with E-state index in [1.807, 2.05) is 12.1 Å². The molecule has 0 aliphatic carbocycles. The molecule has 2 nitrogen and oxygen atoms in total. The number of hydrogen-bond acceptors (Lipinski definition) is 1. The summed E-state index contributed by atoms with van der Waals surface area (Å²) in [4.78, 5) is 10.8. The zero-order valence-electron chi connectivity index (χ0n) is 13.1. The molecule has 0 heterocycles. The fourth-order valence-corrected chi connectivity index (χ4v) is 3.84. The summed E-state index contributed by atoms with van der Waals surface area (Å²) in [6, 6.07) is 10.1. The highest BCUT2D eigenvalue weighted by molar-refractivity contribution is 6.77. The van der Waals surface area contributed by atoms with Gasteiger partial charge >= 0.3 is 5.97 Å². The van der Waals surface area contributed by atoms with Crippen molar-refractivity contribution < 1.29 is 9.90 Å². The summed E-state index contributed by atoms with van der Waals surface area (Å²) < 4.78 is 0. The molecule has 0 saturated carbocycles. The summed E-state index contributed by atoms with van der Waals surface area (Å²) in [6.45, 7) is 7.29. The van der Waals surface area contributed by atoms with Crippen LogP contribution < -0.4 is 0 Å². The Morgan fingerprint density at radius 3 is 2.20 bits per heavy atom. The van der Waals surface area contributed by atoms with E-state index in [2.05, 4.69) is 20.0 Å². The number of hydrogen-bond donors (Lipinski definition) is 1. The van der Waals surface area contributed by atoms with E-state index in [-0.39, 0.29) is 0 Å². The Morgan fingerprint density at radius 1 is 1.05 bits per heavy atom. The normalized spacial score (nSPS) is 11.6. The average Bonchev–Trinajstić information content (AvgIpc) is 2.43. The molecule has 112 valence electrons. The van der Waals surface area contributed by atoms with Crippen molar-refractivity contribution in [1.82, 2.24) is 0 Å². The smallest absolute Gasteiger partial charge is 0.335 e. The van der Waals surface area contributed by atoms with Gasteiger partial charge in [0.05, 0.1) is 5.56 Å². The van der Waals surface area contributed by atoms with E-state index < -0.39 is 14.0 Å². The molecule has 0 aromatic heterocycles. The largest absolute Gasteiger partial charge is 0.478 e. The molecule has 0 bridgehead atoms. The van der Waals surface area contributed by atoms with Crippen LogP contribution in [0.4, 0.5) is 0 Å². The standard InChI is InChI=1S/C17H28O2Si/c1-4-20(2,3)14-8-6-5-7-9-15-10-12-16(13-11-15)17(18)19/h10-13H,4-9,14H2,1-3H3,(H,18,19). The van der Waals surface area contributed by atoms with Crippen molar-refractivity contribution >= 4 is 14.0 Å². The third-order valence-electron chi connectivity index (χ3n) is 4.23. The summed E-state index contributed by atoms with van der Waals surface area (Å²) in [6.07, 6.45) is 6.28. The van der Waals surface area contributed by atoms with Gasteiger partial charge in [0.1, 0.15) is 0 Å². The van der Waals surface area contributed by atoms with Crippen LogP contribution in [-0.2, 0) is 6.42 Å². The monoisotopic (exact) mass is 292 g/mol. The maximum Gasteiger partial charge on any atom is 0.335 e. The number of benzene rings is 1. The first-order valence-corrected chi connectivity index (χ1v) is 11.2. The van der Waals surface area contributed by atoms with E-state index in [1.165, 1.54) is 43.3 Å². The van der Waals surface area contributed by atoms with Gasteiger partial charge in [-0.25, -0.2) is 4.79 Å². The molecule has 0 amide bonds. The van der Waals surface area contributed by atoms with Gasteiger partial charge in [0, 0.05) is 8.07 Å². The number of unbranched alkanes of at least 4 members (excludes halogenated alkanes) is 3. The van der Waals surface area contributed by atoms with Crippen LogP contribution in [0.15, 0.2) is 24.3 Å². The molecule has 0 radical (unpaired) electrons. The SMILES string of the molecule is CC[Si](C)(C)CCCCCCc1ccc(C(=O)O)cc1. The van der Waals surface area contributed by atoms with Gasteiger partial charge in [0.25, 0.3) is 0 Å². The lowest BCUT2D eigenvalue weighted by atomic mass is 10.0. The van der Waals surface area contributed by atoms with E-state index in [9.17, 15) is 4.79 Å². The van der Waals surface area contributed by atoms with Crippen LogP contribution in [-0.4, -0.2) is 19.1 Å². The maximum atomic E-state index is 10.8. The van der Waals surface area contributed by atoms with Crippen LogP contribution in [0.2, 0.25) is 25.2 Å². The Bertz CT molecular complexity index is 410. The summed E-state index contributed by atoms with van der Waals surface area (Å²) >= 11 is 0. The molecule has 1 aromatic rings. The van der Waals surface area contributed by atoms with Gasteiger partial charge in [-0.1, -0.05) is 63.5 Å². The Hall–Kier alpha value is -1.09. The van der Waals surface area contributed by atoms with Gasteiger partial charge in [-0.3, -0.25) is 0 Å². The Kier molecular flexibility index (Phi) is 7.00. The molecular weight excluding hydrogens is 264 g/mol. The number of carbonyl (C=O) groups is 1. The fourth-order valence-electron chi connectivity index (χ4n) is 2.28. The first-order valence-electron chi connectivity index (χ1n) is 7.77. The third-order valence-corrected chi connectivity index (χ3v) is 7.85. The lowest BCUT2D eigenvalue weighted by Crippen LogP contribution is -2.22. The molecule has 0 atom stereocenters. The first kappa shape index (κ1) is 17.0. The maximum absolute atomic E-state index is 10.8. The predicted octanol–water partition coefficient (Wildman–Crippen LogP) is 5.22. The molecule has 0 aliphatic heterocycles. The zero-order valence-corrected chi connectivity index (χ0v) is 14.1. The Balaban J connectivity index is 2.17. The summed E-state index contributed by atoms with van der Waals surface area (Å²) in [7, 11) is -0.874. The second kappa shape index (κ2) is 8.25. The molecule has 1 rings (SSSR count). The van der Waals surface area contributed by atoms with Crippen LogP contribution >= 0.6 is 0 Å². The van der Waals surface area contributed by atoms with Crippen molar-refractivity contribution in [3.8, 4) is 0 Å². The van der Waals surface area contributed by atoms with Crippen LogP contribution in [0.3, 0.4) is 0 Å². The number of aryl methyl sites for hydroxylation is 1. The van der Waals surface area contributed by atoms with Gasteiger partial charge in [-0.05, 0) is 30.5 Å². The second-order valence-corrected chi connectivity index (χ2v) is 12.0. The Labute approximate surface area is 124 Å². The molecule has 0 spiro atoms. The number of carboxylic acid groups (broad SMARTS) is 1. The molecule has 0 aliphatic rings. The van der Waals surface area contributed by atoms with Crippen LogP contribution in [0.25, 0.3) is 0 Å². The fraction of sp³-hybridized carbons (Fsp3) is 0.588. The number of rotatable bonds is 9. The van der Waals surface area contributed by atoms with E-state index in [4.69, 9.17) is 5.11 Å². The minimum atomic E-state index is -0.874. The molecule has 1 aromatic carbocycles. The molecule has 3 heteroatoms. The Morgan fingerprint density at radius 2 is 1.65 bits per heavy atom. The van der Waals surface area contributed by atoms with Gasteiger partial charge in [-0.15, -0.1) is 0 Å². The van der Waals surface area contributed by atoms with Crippen molar-refractivity contribution in [2.45, 2.75) is 64.2 Å².